The summed E-state index contributed by atoms with van der Waals surface area (Å²) in [7, 11) is 1.27. The molecular formula is C39H39N5O10. The van der Waals surface area contributed by atoms with Crippen LogP contribution in [0, 0.1) is 6.92 Å². The van der Waals surface area contributed by atoms with Crippen LogP contribution < -0.4 is 36.1 Å². The summed E-state index contributed by atoms with van der Waals surface area (Å²) in [6.45, 7) is 3.92. The van der Waals surface area contributed by atoms with E-state index in [1.54, 1.807) is 97.9 Å². The third-order valence-corrected chi connectivity index (χ3v) is 6.35. The van der Waals surface area contributed by atoms with Crippen LogP contribution in [0.4, 0.5) is 52.4 Å². The Hall–Kier alpha value is -7.55. The van der Waals surface area contributed by atoms with E-state index in [4.69, 9.17) is 19.3 Å². The zero-order valence-corrected chi connectivity index (χ0v) is 29.5. The lowest BCUT2D eigenvalue weighted by molar-refractivity contribution is 0.168. The number of amides is 5. The molecule has 0 bridgehead atoms. The minimum Gasteiger partial charge on any atom is -0.465 e. The van der Waals surface area contributed by atoms with Gasteiger partial charge in [-0.2, -0.15) is 0 Å². The van der Waals surface area contributed by atoms with Crippen LogP contribution in [0.3, 0.4) is 0 Å². The third kappa shape index (κ3) is 16.4. The zero-order chi connectivity index (χ0) is 39.1. The predicted octanol–water partition coefficient (Wildman–Crippen LogP) is 9.43. The van der Waals surface area contributed by atoms with Gasteiger partial charge in [0.2, 0.25) is 0 Å². The van der Waals surface area contributed by atoms with E-state index in [9.17, 15) is 24.0 Å². The standard InChI is InChI=1S/2C16H16N2O4.C7H7NO2/c1-11-5-3-6-12(9-11)18-16(20)22-14-8-4-7-13(10-14)17-15(19)21-2;1-2-21-15(19)18-13-9-6-10-14(11-13)22-16(20)17-12-7-4-3-5-8-12;9-7(10)8-6-4-2-1-3-5-6/h3-10H,1-2H3,(H,17,19)(H,18,20);3-11H,2H2,1H3,(H,17,20)(H,18,19);1-5,8H,(H,9,10). The fourth-order valence-electron chi connectivity index (χ4n) is 4.12. The molecule has 280 valence electrons. The number of hydrogen-bond donors (Lipinski definition) is 6. The number of anilines is 5. The second-order valence-electron chi connectivity index (χ2n) is 10.6. The average molecular weight is 738 g/mol. The number of carbonyl (C=O) groups is 5. The van der Waals surface area contributed by atoms with Crippen molar-refractivity contribution in [3.05, 3.63) is 139 Å². The minimum absolute atomic E-state index is 0.279. The van der Waals surface area contributed by atoms with Crippen LogP contribution in [0.5, 0.6) is 11.5 Å². The Balaban J connectivity index is 0.000000233. The number of benzene rings is 5. The topological polar surface area (TPSA) is 203 Å². The molecule has 0 radical (unpaired) electrons. The summed E-state index contributed by atoms with van der Waals surface area (Å²) in [4.78, 5) is 56.1. The van der Waals surface area contributed by atoms with Crippen molar-refractivity contribution in [2.75, 3.05) is 40.3 Å². The number of para-hydroxylation sites is 2. The maximum atomic E-state index is 11.8. The predicted molar refractivity (Wildman–Crippen MR) is 205 cm³/mol. The van der Waals surface area contributed by atoms with E-state index in [2.05, 4.69) is 31.3 Å². The van der Waals surface area contributed by atoms with Crippen molar-refractivity contribution in [2.24, 2.45) is 0 Å². The van der Waals surface area contributed by atoms with Gasteiger partial charge in [-0.15, -0.1) is 0 Å². The summed E-state index contributed by atoms with van der Waals surface area (Å²) in [5.41, 5.74) is 3.84. The lowest BCUT2D eigenvalue weighted by Gasteiger charge is -2.09. The highest BCUT2D eigenvalue weighted by molar-refractivity contribution is 5.89. The van der Waals surface area contributed by atoms with Gasteiger partial charge in [-0.3, -0.25) is 26.6 Å². The minimum atomic E-state index is -1.04. The fraction of sp³-hybridized carbons (Fsp3) is 0.103. The highest BCUT2D eigenvalue weighted by Crippen LogP contribution is 2.20. The first-order valence-corrected chi connectivity index (χ1v) is 16.2. The lowest BCUT2D eigenvalue weighted by Crippen LogP contribution is -2.17. The molecule has 15 heteroatoms. The second kappa shape index (κ2) is 22.3. The van der Waals surface area contributed by atoms with Crippen molar-refractivity contribution in [3.8, 4) is 11.5 Å². The van der Waals surface area contributed by atoms with Crippen LogP contribution in [-0.2, 0) is 9.47 Å². The number of nitrogens with one attached hydrogen (secondary N) is 5. The molecule has 0 aromatic heterocycles. The first-order chi connectivity index (χ1) is 26.0. The number of carboxylic acid groups (broad SMARTS) is 1. The van der Waals surface area contributed by atoms with Gasteiger partial charge in [-0.25, -0.2) is 24.0 Å². The summed E-state index contributed by atoms with van der Waals surface area (Å²) >= 11 is 0. The number of rotatable bonds is 8. The molecule has 0 spiro atoms. The Morgan fingerprint density at radius 3 is 1.37 bits per heavy atom. The summed E-state index contributed by atoms with van der Waals surface area (Å²) in [5, 5.41) is 20.7. The van der Waals surface area contributed by atoms with Crippen LogP contribution in [0.1, 0.15) is 12.5 Å². The molecule has 15 nitrogen and oxygen atoms in total. The van der Waals surface area contributed by atoms with Gasteiger partial charge < -0.3 is 24.1 Å². The maximum Gasteiger partial charge on any atom is 0.417 e. The van der Waals surface area contributed by atoms with E-state index >= 15 is 0 Å². The van der Waals surface area contributed by atoms with Gasteiger partial charge in [0.25, 0.3) is 0 Å². The van der Waals surface area contributed by atoms with Crippen molar-refractivity contribution in [1.29, 1.82) is 0 Å². The largest absolute Gasteiger partial charge is 0.465 e. The molecule has 0 aliphatic heterocycles. The Bertz CT molecular complexity index is 1980. The van der Waals surface area contributed by atoms with Gasteiger partial charge in [0, 0.05) is 40.6 Å². The van der Waals surface area contributed by atoms with Crippen LogP contribution >= 0.6 is 0 Å². The fourth-order valence-corrected chi connectivity index (χ4v) is 4.12. The van der Waals surface area contributed by atoms with E-state index in [0.29, 0.717) is 39.9 Å². The maximum absolute atomic E-state index is 11.8. The van der Waals surface area contributed by atoms with Gasteiger partial charge in [0.15, 0.2) is 0 Å². The first kappa shape index (κ1) is 40.9. The summed E-state index contributed by atoms with van der Waals surface area (Å²) in [6.07, 6.45) is -3.42. The van der Waals surface area contributed by atoms with Crippen molar-refractivity contribution < 1.29 is 48.0 Å². The summed E-state index contributed by atoms with van der Waals surface area (Å²) in [5.74, 6) is 0.613. The molecule has 0 saturated heterocycles. The van der Waals surface area contributed by atoms with Crippen molar-refractivity contribution in [2.45, 2.75) is 13.8 Å². The van der Waals surface area contributed by atoms with Gasteiger partial charge in [0.1, 0.15) is 11.5 Å². The number of carbonyl (C=O) groups excluding carboxylic acids is 4. The average Bonchev–Trinajstić information content (AvgIpc) is 3.13. The van der Waals surface area contributed by atoms with Crippen LogP contribution in [-0.4, -0.2) is 49.3 Å². The molecule has 0 unspecified atom stereocenters. The number of ether oxygens (including phenoxy) is 4. The Labute approximate surface area is 311 Å². The van der Waals surface area contributed by atoms with E-state index in [0.717, 1.165) is 5.56 Å². The molecule has 0 heterocycles. The van der Waals surface area contributed by atoms with E-state index < -0.39 is 30.5 Å². The van der Waals surface area contributed by atoms with Gasteiger partial charge >= 0.3 is 30.5 Å². The third-order valence-electron chi connectivity index (χ3n) is 6.35. The molecule has 0 aliphatic carbocycles. The monoisotopic (exact) mass is 737 g/mol. The molecule has 0 atom stereocenters. The second-order valence-corrected chi connectivity index (χ2v) is 10.6. The summed E-state index contributed by atoms with van der Waals surface area (Å²) < 4.78 is 19.6. The smallest absolute Gasteiger partial charge is 0.417 e. The molecule has 5 aromatic carbocycles. The van der Waals surface area contributed by atoms with Crippen molar-refractivity contribution in [3.63, 3.8) is 0 Å². The molecule has 0 saturated carbocycles. The Morgan fingerprint density at radius 2 is 0.907 bits per heavy atom. The number of methoxy groups -OCH3 is 1. The molecule has 54 heavy (non-hydrogen) atoms. The van der Waals surface area contributed by atoms with Crippen LogP contribution in [0.15, 0.2) is 133 Å². The summed E-state index contributed by atoms with van der Waals surface area (Å²) in [6, 6.07) is 38.0. The molecule has 0 aliphatic rings. The van der Waals surface area contributed by atoms with E-state index in [1.165, 1.54) is 19.2 Å². The number of hydrogen-bond acceptors (Lipinski definition) is 9. The SMILES string of the molecule is CCOC(=O)Nc1cccc(OC(=O)Nc2ccccc2)c1.COC(=O)Nc1cccc(OC(=O)Nc2cccc(C)c2)c1.O=C(O)Nc1ccccc1. The molecule has 5 amide bonds. The van der Waals surface area contributed by atoms with Crippen molar-refractivity contribution >= 4 is 58.9 Å². The number of aryl methyl sites for hydroxylation is 1. The van der Waals surface area contributed by atoms with Gasteiger partial charge in [-0.1, -0.05) is 60.7 Å². The molecule has 6 N–H and O–H groups in total. The lowest BCUT2D eigenvalue weighted by atomic mass is 10.2. The van der Waals surface area contributed by atoms with Crippen LogP contribution in [0.25, 0.3) is 0 Å². The van der Waals surface area contributed by atoms with E-state index in [-0.39, 0.29) is 6.61 Å². The van der Waals surface area contributed by atoms with Gasteiger partial charge in [-0.05, 0) is 80.1 Å². The molecule has 5 aromatic rings. The molecule has 0 fully saturated rings. The zero-order valence-electron chi connectivity index (χ0n) is 29.5. The van der Waals surface area contributed by atoms with E-state index in [1.807, 2.05) is 37.3 Å². The van der Waals surface area contributed by atoms with Crippen LogP contribution in [0.2, 0.25) is 0 Å². The molecule has 5 rings (SSSR count). The Morgan fingerprint density at radius 1 is 0.500 bits per heavy atom. The highest BCUT2D eigenvalue weighted by Gasteiger charge is 2.09. The highest BCUT2D eigenvalue weighted by atomic mass is 16.6. The first-order valence-electron chi connectivity index (χ1n) is 16.2. The van der Waals surface area contributed by atoms with Crippen molar-refractivity contribution in [1.82, 2.24) is 0 Å². The quantitative estimate of drug-likeness (QED) is 0.0890. The molecular weight excluding hydrogens is 698 g/mol. The van der Waals surface area contributed by atoms with Gasteiger partial charge in [0.05, 0.1) is 13.7 Å². The Kier molecular flexibility index (Phi) is 16.9. The normalized spacial score (nSPS) is 9.54.